The van der Waals surface area contributed by atoms with Gasteiger partial charge in [0.2, 0.25) is 0 Å². The number of likely N-dealkylation sites (tertiary alicyclic amines) is 1. The molecule has 21 heavy (non-hydrogen) atoms. The van der Waals surface area contributed by atoms with Crippen LogP contribution < -0.4 is 5.73 Å². The fourth-order valence-corrected chi connectivity index (χ4v) is 2.90. The van der Waals surface area contributed by atoms with Gasteiger partial charge in [-0.15, -0.1) is 0 Å². The van der Waals surface area contributed by atoms with Crippen molar-refractivity contribution in [3.8, 4) is 5.69 Å². The molecule has 0 aliphatic carbocycles. The van der Waals surface area contributed by atoms with Crippen molar-refractivity contribution in [2.45, 2.75) is 31.8 Å². The molecule has 1 saturated heterocycles. The molecule has 1 aliphatic heterocycles. The molecule has 0 saturated carbocycles. The van der Waals surface area contributed by atoms with Crippen molar-refractivity contribution in [1.82, 2.24) is 14.7 Å². The van der Waals surface area contributed by atoms with Crippen molar-refractivity contribution < 1.29 is 4.39 Å². The lowest BCUT2D eigenvalue weighted by Crippen LogP contribution is -2.26. The quantitative estimate of drug-likeness (QED) is 0.943. The average Bonchev–Trinajstić information content (AvgIpc) is 2.91. The molecule has 112 valence electrons. The van der Waals surface area contributed by atoms with E-state index in [0.717, 1.165) is 50.1 Å². The summed E-state index contributed by atoms with van der Waals surface area (Å²) in [6.07, 6.45) is 6.80. The Morgan fingerprint density at radius 2 is 2.19 bits per heavy atom. The number of aromatic nitrogens is 2. The van der Waals surface area contributed by atoms with Gasteiger partial charge in [0.05, 0.1) is 5.69 Å². The molecule has 4 nitrogen and oxygen atoms in total. The Bertz CT molecular complexity index is 582. The van der Waals surface area contributed by atoms with E-state index in [2.05, 4.69) is 10.00 Å². The van der Waals surface area contributed by atoms with Crippen molar-refractivity contribution in [1.29, 1.82) is 0 Å². The minimum absolute atomic E-state index is 0.201. The lowest BCUT2D eigenvalue weighted by atomic mass is 10.1. The van der Waals surface area contributed by atoms with Gasteiger partial charge in [-0.1, -0.05) is 0 Å². The number of hydrogen-bond acceptors (Lipinski definition) is 3. The van der Waals surface area contributed by atoms with Gasteiger partial charge in [-0.3, -0.25) is 4.90 Å². The number of hydrogen-bond donors (Lipinski definition) is 1. The van der Waals surface area contributed by atoms with Crippen molar-refractivity contribution in [3.63, 3.8) is 0 Å². The summed E-state index contributed by atoms with van der Waals surface area (Å²) in [6, 6.07) is 7.06. The molecule has 1 atom stereocenters. The third-order valence-electron chi connectivity index (χ3n) is 4.05. The number of benzene rings is 1. The minimum Gasteiger partial charge on any atom is -0.328 e. The highest BCUT2D eigenvalue weighted by molar-refractivity contribution is 5.40. The summed E-state index contributed by atoms with van der Waals surface area (Å²) >= 11 is 0. The highest BCUT2D eigenvalue weighted by atomic mass is 19.1. The second-order valence-corrected chi connectivity index (χ2v) is 5.69. The fourth-order valence-electron chi connectivity index (χ4n) is 2.90. The maximum atomic E-state index is 13.6. The van der Waals surface area contributed by atoms with Crippen LogP contribution in [0.4, 0.5) is 4.39 Å². The summed E-state index contributed by atoms with van der Waals surface area (Å²) < 4.78 is 15.4. The van der Waals surface area contributed by atoms with Crippen molar-refractivity contribution in [2.24, 2.45) is 5.73 Å². The summed E-state index contributed by atoms with van der Waals surface area (Å²) in [6.45, 7) is 2.72. The van der Waals surface area contributed by atoms with Gasteiger partial charge < -0.3 is 5.73 Å². The van der Waals surface area contributed by atoms with Crippen LogP contribution in [0, 0.1) is 5.82 Å². The van der Waals surface area contributed by atoms with Gasteiger partial charge in [0.25, 0.3) is 0 Å². The highest BCUT2D eigenvalue weighted by Crippen LogP contribution is 2.19. The van der Waals surface area contributed by atoms with Gasteiger partial charge in [-0.2, -0.15) is 5.10 Å². The molecule has 2 N–H and O–H groups in total. The Morgan fingerprint density at radius 3 is 3.00 bits per heavy atom. The number of nitrogens with two attached hydrogens (primary N) is 1. The van der Waals surface area contributed by atoms with Gasteiger partial charge in [-0.25, -0.2) is 9.07 Å². The Hall–Kier alpha value is -1.72. The van der Waals surface area contributed by atoms with Crippen molar-refractivity contribution in [3.05, 3.63) is 48.0 Å². The second kappa shape index (κ2) is 6.37. The molecule has 2 aromatic rings. The van der Waals surface area contributed by atoms with E-state index >= 15 is 0 Å². The SMILES string of the molecule is NC1CCCN(Cc2cc(F)ccc2-n2cccn2)CC1. The Labute approximate surface area is 124 Å². The third kappa shape index (κ3) is 3.49. The zero-order valence-corrected chi connectivity index (χ0v) is 12.1. The van der Waals surface area contributed by atoms with Crippen LogP contribution in [-0.4, -0.2) is 33.8 Å². The maximum Gasteiger partial charge on any atom is 0.123 e. The summed E-state index contributed by atoms with van der Waals surface area (Å²) in [7, 11) is 0. The molecule has 1 unspecified atom stereocenters. The van der Waals surface area contributed by atoms with E-state index in [1.807, 2.05) is 12.3 Å². The van der Waals surface area contributed by atoms with E-state index in [-0.39, 0.29) is 5.82 Å². The first kappa shape index (κ1) is 14.2. The van der Waals surface area contributed by atoms with Gasteiger partial charge >= 0.3 is 0 Å². The van der Waals surface area contributed by atoms with Gasteiger partial charge in [0, 0.05) is 25.0 Å². The van der Waals surface area contributed by atoms with E-state index in [9.17, 15) is 4.39 Å². The molecule has 0 bridgehead atoms. The van der Waals surface area contributed by atoms with E-state index in [1.165, 1.54) is 6.07 Å². The maximum absolute atomic E-state index is 13.6. The second-order valence-electron chi connectivity index (χ2n) is 5.69. The number of rotatable bonds is 3. The van der Waals surface area contributed by atoms with Crippen LogP contribution in [-0.2, 0) is 6.54 Å². The van der Waals surface area contributed by atoms with Gasteiger partial charge in [0.1, 0.15) is 5.82 Å². The van der Waals surface area contributed by atoms with Crippen LogP contribution in [0.25, 0.3) is 5.69 Å². The molecule has 1 aromatic heterocycles. The lowest BCUT2D eigenvalue weighted by molar-refractivity contribution is 0.275. The first-order valence-electron chi connectivity index (χ1n) is 7.49. The van der Waals surface area contributed by atoms with Crippen LogP contribution in [0.1, 0.15) is 24.8 Å². The zero-order chi connectivity index (χ0) is 14.7. The highest BCUT2D eigenvalue weighted by Gasteiger charge is 2.16. The minimum atomic E-state index is -0.201. The van der Waals surface area contributed by atoms with Gasteiger partial charge in [-0.05, 0) is 62.2 Å². The number of halogens is 1. The molecule has 0 spiro atoms. The van der Waals surface area contributed by atoms with E-state index in [1.54, 1.807) is 23.0 Å². The predicted octanol–water partition coefficient (Wildman–Crippen LogP) is 2.32. The van der Waals surface area contributed by atoms with Crippen molar-refractivity contribution >= 4 is 0 Å². The molecule has 2 heterocycles. The van der Waals surface area contributed by atoms with E-state index in [0.29, 0.717) is 6.04 Å². The van der Waals surface area contributed by atoms with Crippen LogP contribution in [0.5, 0.6) is 0 Å². The Morgan fingerprint density at radius 1 is 1.29 bits per heavy atom. The summed E-state index contributed by atoms with van der Waals surface area (Å²) in [4.78, 5) is 2.36. The summed E-state index contributed by atoms with van der Waals surface area (Å²) in [5.41, 5.74) is 7.93. The standard InChI is InChI=1S/C16H21FN4/c17-14-4-5-16(21-9-2-7-19-21)13(11-14)12-20-8-1-3-15(18)6-10-20/h2,4-5,7,9,11,15H,1,3,6,8,10,12,18H2. The molecule has 5 heteroatoms. The normalized spacial score (nSPS) is 20.4. The van der Waals surface area contributed by atoms with Crippen LogP contribution in [0.2, 0.25) is 0 Å². The van der Waals surface area contributed by atoms with Crippen LogP contribution in [0.3, 0.4) is 0 Å². The molecular formula is C16H21FN4. The number of nitrogens with zero attached hydrogens (tertiary/aromatic N) is 3. The fraction of sp³-hybridized carbons (Fsp3) is 0.438. The van der Waals surface area contributed by atoms with Gasteiger partial charge in [0.15, 0.2) is 0 Å². The largest absolute Gasteiger partial charge is 0.328 e. The van der Waals surface area contributed by atoms with Crippen molar-refractivity contribution in [2.75, 3.05) is 13.1 Å². The molecular weight excluding hydrogens is 267 g/mol. The Balaban J connectivity index is 1.82. The predicted molar refractivity (Wildman–Crippen MR) is 80.6 cm³/mol. The smallest absolute Gasteiger partial charge is 0.123 e. The lowest BCUT2D eigenvalue weighted by Gasteiger charge is -2.21. The monoisotopic (exact) mass is 288 g/mol. The molecule has 3 rings (SSSR count). The summed E-state index contributed by atoms with van der Waals surface area (Å²) in [5.74, 6) is -0.201. The topological polar surface area (TPSA) is 47.1 Å². The Kier molecular flexibility index (Phi) is 4.31. The molecule has 0 amide bonds. The first-order valence-corrected chi connectivity index (χ1v) is 7.49. The summed E-state index contributed by atoms with van der Waals surface area (Å²) in [5, 5.41) is 4.26. The first-order chi connectivity index (χ1) is 10.2. The van der Waals surface area contributed by atoms with Crippen LogP contribution >= 0.6 is 0 Å². The molecule has 0 radical (unpaired) electrons. The molecule has 1 fully saturated rings. The third-order valence-corrected chi connectivity index (χ3v) is 4.05. The van der Waals surface area contributed by atoms with E-state index < -0.39 is 0 Å². The van der Waals surface area contributed by atoms with E-state index in [4.69, 9.17) is 5.73 Å². The molecule has 1 aliphatic rings. The average molecular weight is 288 g/mol. The zero-order valence-electron chi connectivity index (χ0n) is 12.1. The molecule has 1 aromatic carbocycles. The van der Waals surface area contributed by atoms with Crippen LogP contribution in [0.15, 0.2) is 36.7 Å².